The van der Waals surface area contributed by atoms with Gasteiger partial charge in [0.15, 0.2) is 0 Å². The number of hydrogen-bond acceptors (Lipinski definition) is 2. The lowest BCUT2D eigenvalue weighted by atomic mass is 9.93. The lowest BCUT2D eigenvalue weighted by molar-refractivity contribution is 0.0467. The van der Waals surface area contributed by atoms with Gasteiger partial charge in [-0.3, -0.25) is 14.5 Å². The molecule has 0 aromatic heterocycles. The maximum atomic E-state index is 12.6. The molecule has 0 radical (unpaired) electrons. The van der Waals surface area contributed by atoms with Gasteiger partial charge in [-0.1, -0.05) is 42.5 Å². The molecule has 2 aromatic rings. The minimum Gasteiger partial charge on any atom is -0.269 e. The van der Waals surface area contributed by atoms with E-state index in [1.54, 1.807) is 24.3 Å². The monoisotopic (exact) mass is 293 g/mol. The van der Waals surface area contributed by atoms with Crippen LogP contribution in [-0.2, 0) is 6.42 Å². The first kappa shape index (κ1) is 14.5. The molecule has 2 amide bonds. The molecule has 1 heterocycles. The Morgan fingerprint density at radius 2 is 1.32 bits per heavy atom. The molecule has 0 unspecified atom stereocenters. The van der Waals surface area contributed by atoms with Gasteiger partial charge in [-0.05, 0) is 44.4 Å². The van der Waals surface area contributed by atoms with Crippen LogP contribution in [0.2, 0.25) is 0 Å². The van der Waals surface area contributed by atoms with Crippen LogP contribution in [0.1, 0.15) is 46.5 Å². The van der Waals surface area contributed by atoms with Crippen LogP contribution in [-0.4, -0.2) is 22.3 Å². The Morgan fingerprint density at radius 3 is 1.86 bits per heavy atom. The number of carbonyl (C=O) groups is 2. The van der Waals surface area contributed by atoms with Crippen LogP contribution in [0.3, 0.4) is 0 Å². The summed E-state index contributed by atoms with van der Waals surface area (Å²) in [5.74, 6) is -0.364. The van der Waals surface area contributed by atoms with Gasteiger partial charge in [-0.15, -0.1) is 0 Å². The van der Waals surface area contributed by atoms with Crippen LogP contribution in [0.4, 0.5) is 0 Å². The molecular formula is C19H19NO2. The Kier molecular flexibility index (Phi) is 3.57. The van der Waals surface area contributed by atoms with Crippen molar-refractivity contribution in [2.45, 2.75) is 32.2 Å². The van der Waals surface area contributed by atoms with Gasteiger partial charge in [0.2, 0.25) is 0 Å². The number of nitrogens with zero attached hydrogens (tertiary/aromatic N) is 1. The topological polar surface area (TPSA) is 37.4 Å². The van der Waals surface area contributed by atoms with Gasteiger partial charge in [0.25, 0.3) is 11.8 Å². The third-order valence-corrected chi connectivity index (χ3v) is 4.27. The molecule has 0 atom stereocenters. The molecule has 0 fully saturated rings. The average molecular weight is 293 g/mol. The minimum absolute atomic E-state index is 0.182. The van der Waals surface area contributed by atoms with E-state index in [2.05, 4.69) is 12.1 Å². The highest BCUT2D eigenvalue weighted by atomic mass is 16.2. The van der Waals surface area contributed by atoms with Gasteiger partial charge in [-0.2, -0.15) is 0 Å². The number of aryl methyl sites for hydroxylation is 1. The van der Waals surface area contributed by atoms with Crippen LogP contribution < -0.4 is 0 Å². The van der Waals surface area contributed by atoms with Gasteiger partial charge in [0, 0.05) is 5.54 Å². The van der Waals surface area contributed by atoms with E-state index in [0.717, 1.165) is 12.8 Å². The number of fused-ring (bicyclic) bond motifs is 1. The Labute approximate surface area is 130 Å². The largest absolute Gasteiger partial charge is 0.269 e. The molecule has 112 valence electrons. The van der Waals surface area contributed by atoms with Crippen molar-refractivity contribution in [2.24, 2.45) is 0 Å². The Hall–Kier alpha value is -2.42. The van der Waals surface area contributed by atoms with E-state index >= 15 is 0 Å². The van der Waals surface area contributed by atoms with Gasteiger partial charge in [-0.25, -0.2) is 0 Å². The highest BCUT2D eigenvalue weighted by Gasteiger charge is 2.43. The Bertz CT molecular complexity index is 684. The van der Waals surface area contributed by atoms with E-state index in [1.807, 2.05) is 32.0 Å². The molecule has 22 heavy (non-hydrogen) atoms. The third kappa shape index (κ3) is 2.43. The van der Waals surface area contributed by atoms with Crippen molar-refractivity contribution < 1.29 is 9.59 Å². The maximum absolute atomic E-state index is 12.6. The molecule has 3 heteroatoms. The molecule has 3 rings (SSSR count). The number of hydrogen-bond donors (Lipinski definition) is 0. The van der Waals surface area contributed by atoms with Crippen molar-refractivity contribution in [1.29, 1.82) is 0 Å². The summed E-state index contributed by atoms with van der Waals surface area (Å²) in [5.41, 5.74) is 1.73. The third-order valence-electron chi connectivity index (χ3n) is 4.27. The number of rotatable bonds is 4. The van der Waals surface area contributed by atoms with Crippen molar-refractivity contribution in [1.82, 2.24) is 4.90 Å². The number of benzene rings is 2. The van der Waals surface area contributed by atoms with Crippen molar-refractivity contribution in [3.63, 3.8) is 0 Å². The predicted octanol–water partition coefficient (Wildman–Crippen LogP) is 3.69. The molecule has 0 aliphatic carbocycles. The molecule has 1 aliphatic heterocycles. The van der Waals surface area contributed by atoms with Crippen LogP contribution in [0.5, 0.6) is 0 Å². The second kappa shape index (κ2) is 5.41. The molecule has 2 aromatic carbocycles. The van der Waals surface area contributed by atoms with E-state index in [0.29, 0.717) is 11.1 Å². The van der Waals surface area contributed by atoms with Crippen LogP contribution in [0, 0.1) is 0 Å². The van der Waals surface area contributed by atoms with E-state index in [-0.39, 0.29) is 11.8 Å². The quantitative estimate of drug-likeness (QED) is 0.806. The second-order valence-corrected chi connectivity index (χ2v) is 6.29. The van der Waals surface area contributed by atoms with Gasteiger partial charge < -0.3 is 0 Å². The standard InChI is InChI=1S/C19H19NO2/c1-19(2,13-12-14-8-4-3-5-9-14)20-17(21)15-10-6-7-11-16(15)18(20)22/h3-11H,12-13H2,1-2H3. The highest BCUT2D eigenvalue weighted by molar-refractivity contribution is 6.21. The summed E-state index contributed by atoms with van der Waals surface area (Å²) in [4.78, 5) is 26.6. The van der Waals surface area contributed by atoms with E-state index < -0.39 is 5.54 Å². The highest BCUT2D eigenvalue weighted by Crippen LogP contribution is 2.31. The normalized spacial score (nSPS) is 14.4. The SMILES string of the molecule is CC(C)(CCc1ccccc1)N1C(=O)c2ccccc2C1=O. The van der Waals surface area contributed by atoms with E-state index in [4.69, 9.17) is 0 Å². The van der Waals surface area contributed by atoms with Gasteiger partial charge >= 0.3 is 0 Å². The van der Waals surface area contributed by atoms with E-state index in [1.165, 1.54) is 10.5 Å². The Morgan fingerprint density at radius 1 is 0.818 bits per heavy atom. The van der Waals surface area contributed by atoms with Crippen molar-refractivity contribution in [3.8, 4) is 0 Å². The maximum Gasteiger partial charge on any atom is 0.262 e. The predicted molar refractivity (Wildman–Crippen MR) is 85.8 cm³/mol. The fraction of sp³-hybridized carbons (Fsp3) is 0.263. The Balaban J connectivity index is 1.81. The lowest BCUT2D eigenvalue weighted by Crippen LogP contribution is -2.47. The van der Waals surface area contributed by atoms with Crippen molar-refractivity contribution >= 4 is 11.8 Å². The smallest absolute Gasteiger partial charge is 0.262 e. The minimum atomic E-state index is -0.511. The second-order valence-electron chi connectivity index (χ2n) is 6.29. The number of imide groups is 1. The zero-order valence-corrected chi connectivity index (χ0v) is 12.9. The summed E-state index contributed by atoms with van der Waals surface area (Å²) in [5, 5.41) is 0. The fourth-order valence-corrected chi connectivity index (χ4v) is 2.95. The summed E-state index contributed by atoms with van der Waals surface area (Å²) in [6.45, 7) is 3.91. The molecule has 0 saturated carbocycles. The van der Waals surface area contributed by atoms with E-state index in [9.17, 15) is 9.59 Å². The zero-order valence-electron chi connectivity index (χ0n) is 12.9. The first-order valence-corrected chi connectivity index (χ1v) is 7.52. The first-order chi connectivity index (χ1) is 10.5. The van der Waals surface area contributed by atoms with Crippen molar-refractivity contribution in [3.05, 3.63) is 71.3 Å². The summed E-state index contributed by atoms with van der Waals surface area (Å²) >= 11 is 0. The molecule has 0 saturated heterocycles. The molecule has 1 aliphatic rings. The summed E-state index contributed by atoms with van der Waals surface area (Å²) in [7, 11) is 0. The van der Waals surface area contributed by atoms with Gasteiger partial charge in [0.1, 0.15) is 0 Å². The fourth-order valence-electron chi connectivity index (χ4n) is 2.95. The number of carbonyl (C=O) groups excluding carboxylic acids is 2. The molecule has 0 N–H and O–H groups in total. The average Bonchev–Trinajstić information content (AvgIpc) is 2.79. The van der Waals surface area contributed by atoms with Crippen LogP contribution >= 0.6 is 0 Å². The van der Waals surface area contributed by atoms with Crippen LogP contribution in [0.15, 0.2) is 54.6 Å². The first-order valence-electron chi connectivity index (χ1n) is 7.52. The van der Waals surface area contributed by atoms with Crippen LogP contribution in [0.25, 0.3) is 0 Å². The molecule has 0 bridgehead atoms. The lowest BCUT2D eigenvalue weighted by Gasteiger charge is -2.34. The van der Waals surface area contributed by atoms with Crippen molar-refractivity contribution in [2.75, 3.05) is 0 Å². The molecule has 0 spiro atoms. The summed E-state index contributed by atoms with van der Waals surface area (Å²) in [6, 6.07) is 17.2. The zero-order chi connectivity index (χ0) is 15.7. The molecule has 3 nitrogen and oxygen atoms in total. The summed E-state index contributed by atoms with van der Waals surface area (Å²) in [6.07, 6.45) is 1.57. The number of amides is 2. The molecular weight excluding hydrogens is 274 g/mol. The van der Waals surface area contributed by atoms with Gasteiger partial charge in [0.05, 0.1) is 11.1 Å². The summed E-state index contributed by atoms with van der Waals surface area (Å²) < 4.78 is 0.